The summed E-state index contributed by atoms with van der Waals surface area (Å²) in [6.45, 7) is 15.1. The van der Waals surface area contributed by atoms with Crippen LogP contribution in [-0.2, 0) is 0 Å². The second kappa shape index (κ2) is 8.17. The minimum absolute atomic E-state index is 0.156. The van der Waals surface area contributed by atoms with E-state index in [0.717, 1.165) is 50.3 Å². The molecule has 28 heavy (non-hydrogen) atoms. The van der Waals surface area contributed by atoms with Crippen LogP contribution < -0.4 is 20.5 Å². The van der Waals surface area contributed by atoms with Gasteiger partial charge in [0.2, 0.25) is 0 Å². The van der Waals surface area contributed by atoms with E-state index < -0.39 is 0 Å². The fourth-order valence-electron chi connectivity index (χ4n) is 4.12. The first-order chi connectivity index (χ1) is 13.5. The van der Waals surface area contributed by atoms with E-state index in [-0.39, 0.29) is 8.92 Å². The topological polar surface area (TPSA) is 30.9 Å². The molecule has 1 fully saturated rings. The summed E-state index contributed by atoms with van der Waals surface area (Å²) in [5, 5.41) is 4.59. The SMILES string of the molecule is CCN(CC)c1cc(C)c2c(c1)S(Br)=c1cc(N3CCNCC3)cc(C)c1=N2. The lowest BCUT2D eigenvalue weighted by molar-refractivity contribution is 0.589. The molecule has 2 aromatic carbocycles. The number of fused-ring (bicyclic) bond motifs is 2. The molecule has 2 aromatic rings. The van der Waals surface area contributed by atoms with Crippen LogP contribution in [0.3, 0.4) is 0 Å². The Bertz CT molecular complexity index is 1020. The van der Waals surface area contributed by atoms with Gasteiger partial charge < -0.3 is 15.1 Å². The lowest BCUT2D eigenvalue weighted by atomic mass is 10.1. The molecule has 2 aliphatic rings. The third-order valence-electron chi connectivity index (χ3n) is 5.72. The van der Waals surface area contributed by atoms with Gasteiger partial charge in [-0.2, -0.15) is 0 Å². The Balaban J connectivity index is 1.89. The van der Waals surface area contributed by atoms with Crippen molar-refractivity contribution in [3.63, 3.8) is 0 Å². The molecule has 2 aliphatic heterocycles. The zero-order valence-electron chi connectivity index (χ0n) is 17.2. The number of rotatable bonds is 4. The van der Waals surface area contributed by atoms with Crippen molar-refractivity contribution in [3.8, 4) is 0 Å². The highest BCUT2D eigenvalue weighted by Gasteiger charge is 2.19. The molecule has 6 heteroatoms. The molecule has 0 radical (unpaired) electrons. The zero-order chi connectivity index (χ0) is 19.8. The Labute approximate surface area is 177 Å². The van der Waals surface area contributed by atoms with Gasteiger partial charge in [0.1, 0.15) is 0 Å². The second-order valence-electron chi connectivity index (χ2n) is 7.50. The van der Waals surface area contributed by atoms with Gasteiger partial charge in [0.15, 0.2) is 0 Å². The molecule has 0 spiro atoms. The van der Waals surface area contributed by atoms with Crippen molar-refractivity contribution in [2.75, 3.05) is 49.1 Å². The number of hydrogen-bond donors (Lipinski definition) is 1. The lowest BCUT2D eigenvalue weighted by Gasteiger charge is -2.30. The van der Waals surface area contributed by atoms with E-state index in [2.05, 4.69) is 81.9 Å². The van der Waals surface area contributed by atoms with Crippen LogP contribution in [0.2, 0.25) is 0 Å². The van der Waals surface area contributed by atoms with Gasteiger partial charge in [-0.1, -0.05) is 8.92 Å². The van der Waals surface area contributed by atoms with E-state index in [4.69, 9.17) is 4.99 Å². The predicted octanol–water partition coefficient (Wildman–Crippen LogP) is 4.71. The van der Waals surface area contributed by atoms with E-state index in [9.17, 15) is 0 Å². The monoisotopic (exact) mass is 460 g/mol. The van der Waals surface area contributed by atoms with Crippen molar-refractivity contribution < 1.29 is 0 Å². The number of benzene rings is 2. The standard InChI is InChI=1S/C22H29BrN4S/c1-5-26(6-2)17-11-15(3)21-19(13-17)28(23)20-14-18(12-16(4)22(20)25-21)27-9-7-24-8-10-27/h11-14,24H,5-10H2,1-4H3. The van der Waals surface area contributed by atoms with Crippen LogP contribution in [0.4, 0.5) is 17.1 Å². The summed E-state index contributed by atoms with van der Waals surface area (Å²) < 4.78 is 1.32. The number of anilines is 2. The van der Waals surface area contributed by atoms with E-state index in [0.29, 0.717) is 0 Å². The summed E-state index contributed by atoms with van der Waals surface area (Å²) in [7, 11) is -0.156. The van der Waals surface area contributed by atoms with Crippen LogP contribution in [0.5, 0.6) is 0 Å². The highest BCUT2D eigenvalue weighted by atomic mass is 79.9. The average Bonchev–Trinajstić information content (AvgIpc) is 2.71. The summed E-state index contributed by atoms with van der Waals surface area (Å²) in [4.78, 5) is 11.3. The number of aryl methyl sites for hydroxylation is 2. The Kier molecular flexibility index (Phi) is 5.81. The fourth-order valence-corrected chi connectivity index (χ4v) is 7.04. The highest BCUT2D eigenvalue weighted by molar-refractivity contribution is 9.52. The molecular weight excluding hydrogens is 432 g/mol. The van der Waals surface area contributed by atoms with Gasteiger partial charge in [0, 0.05) is 60.0 Å². The maximum atomic E-state index is 5.12. The van der Waals surface area contributed by atoms with E-state index in [1.807, 2.05) is 0 Å². The van der Waals surface area contributed by atoms with Crippen molar-refractivity contribution in [1.29, 1.82) is 0 Å². The van der Waals surface area contributed by atoms with Gasteiger partial charge in [0.05, 0.1) is 11.0 Å². The van der Waals surface area contributed by atoms with E-state index >= 15 is 0 Å². The average molecular weight is 461 g/mol. The zero-order valence-corrected chi connectivity index (χ0v) is 19.6. The Morgan fingerprint density at radius 2 is 1.79 bits per heavy atom. The summed E-state index contributed by atoms with van der Waals surface area (Å²) >= 11 is 4.06. The smallest absolute Gasteiger partial charge is 0.0807 e. The maximum Gasteiger partial charge on any atom is 0.0807 e. The molecule has 2 heterocycles. The normalized spacial score (nSPS) is 18.3. The van der Waals surface area contributed by atoms with Crippen LogP contribution in [0.15, 0.2) is 34.2 Å². The molecule has 0 amide bonds. The quantitative estimate of drug-likeness (QED) is 0.669. The highest BCUT2D eigenvalue weighted by Crippen LogP contribution is 2.47. The fraction of sp³-hybridized carbons (Fsp3) is 0.455. The molecule has 1 N–H and O–H groups in total. The molecule has 150 valence electrons. The van der Waals surface area contributed by atoms with Crippen LogP contribution in [-0.4, -0.2) is 39.3 Å². The van der Waals surface area contributed by atoms with Crippen LogP contribution in [0.1, 0.15) is 25.0 Å². The Morgan fingerprint density at radius 1 is 1.07 bits per heavy atom. The van der Waals surface area contributed by atoms with E-state index in [1.165, 1.54) is 31.9 Å². The van der Waals surface area contributed by atoms with Crippen LogP contribution in [0, 0.1) is 18.4 Å². The summed E-state index contributed by atoms with van der Waals surface area (Å²) in [6.07, 6.45) is 0. The van der Waals surface area contributed by atoms with Gasteiger partial charge in [0.25, 0.3) is 0 Å². The van der Waals surface area contributed by atoms with Crippen molar-refractivity contribution in [1.82, 2.24) is 5.32 Å². The second-order valence-corrected chi connectivity index (χ2v) is 10.8. The number of piperazine rings is 1. The molecule has 1 saturated heterocycles. The summed E-state index contributed by atoms with van der Waals surface area (Å²) in [6, 6.07) is 9.29. The minimum atomic E-state index is -0.156. The molecule has 1 atom stereocenters. The Hall–Kier alpha value is -1.37. The number of nitrogens with zero attached hydrogens (tertiary/aromatic N) is 3. The van der Waals surface area contributed by atoms with Crippen molar-refractivity contribution in [2.24, 2.45) is 4.99 Å². The van der Waals surface area contributed by atoms with Crippen LogP contribution >= 0.6 is 23.7 Å². The van der Waals surface area contributed by atoms with E-state index in [1.54, 1.807) is 0 Å². The van der Waals surface area contributed by atoms with Crippen molar-refractivity contribution in [2.45, 2.75) is 32.6 Å². The van der Waals surface area contributed by atoms with Gasteiger partial charge in [-0.3, -0.25) is 0 Å². The third kappa shape index (κ3) is 3.51. The number of halogens is 1. The molecular formula is C22H29BrN4S. The number of hydrogen-bond acceptors (Lipinski definition) is 4. The Morgan fingerprint density at radius 3 is 2.46 bits per heavy atom. The largest absolute Gasteiger partial charge is 0.372 e. The molecule has 0 aliphatic carbocycles. The summed E-state index contributed by atoms with van der Waals surface area (Å²) in [5.74, 6) is 0. The predicted molar refractivity (Wildman–Crippen MR) is 125 cm³/mol. The molecule has 1 unspecified atom stereocenters. The molecule has 0 saturated carbocycles. The minimum Gasteiger partial charge on any atom is -0.372 e. The van der Waals surface area contributed by atoms with Gasteiger partial charge in [-0.05, 0) is 77.9 Å². The van der Waals surface area contributed by atoms with Crippen molar-refractivity contribution >= 4 is 40.8 Å². The van der Waals surface area contributed by atoms with Crippen molar-refractivity contribution in [3.05, 3.63) is 45.3 Å². The first-order valence-electron chi connectivity index (χ1n) is 10.2. The first-order valence-corrected chi connectivity index (χ1v) is 13.2. The van der Waals surface area contributed by atoms with Gasteiger partial charge >= 0.3 is 0 Å². The third-order valence-corrected chi connectivity index (χ3v) is 9.21. The lowest BCUT2D eigenvalue weighted by Crippen LogP contribution is -2.43. The maximum absolute atomic E-state index is 5.12. The summed E-state index contributed by atoms with van der Waals surface area (Å²) in [5.41, 5.74) is 6.28. The molecule has 4 rings (SSSR count). The van der Waals surface area contributed by atoms with Gasteiger partial charge in [-0.25, -0.2) is 4.99 Å². The van der Waals surface area contributed by atoms with Gasteiger partial charge in [-0.15, -0.1) is 0 Å². The first kappa shape index (κ1) is 19.9. The molecule has 0 bridgehead atoms. The molecule has 4 nitrogen and oxygen atoms in total. The molecule has 0 aromatic heterocycles. The number of nitrogens with one attached hydrogen (secondary N) is 1. The van der Waals surface area contributed by atoms with Crippen LogP contribution in [0.25, 0.3) is 0 Å².